The molecule has 0 radical (unpaired) electrons. The molecular formula is C19H26IN5S. The fraction of sp³-hybridized carbons (Fsp3) is 0.368. The van der Waals surface area contributed by atoms with Crippen LogP contribution in [0.5, 0.6) is 0 Å². The Bertz CT molecular complexity index is 779. The normalized spacial score (nSPS) is 12.6. The first-order chi connectivity index (χ1) is 12.2. The number of aromatic amines is 1. The number of rotatable bonds is 7. The van der Waals surface area contributed by atoms with E-state index in [2.05, 4.69) is 56.1 Å². The maximum Gasteiger partial charge on any atom is 0.190 e. The molecule has 0 aliphatic heterocycles. The largest absolute Gasteiger partial charge is 0.356 e. The van der Waals surface area contributed by atoms with E-state index in [4.69, 9.17) is 0 Å². The van der Waals surface area contributed by atoms with Crippen LogP contribution in [-0.2, 0) is 12.8 Å². The van der Waals surface area contributed by atoms with Crippen LogP contribution in [0.4, 0.5) is 0 Å². The Morgan fingerprint density at radius 2 is 2.08 bits per heavy atom. The zero-order valence-electron chi connectivity index (χ0n) is 15.2. The summed E-state index contributed by atoms with van der Waals surface area (Å²) in [6, 6.07) is 12.4. The number of aliphatic imine (C=N–C) groups is 1. The second-order valence-electron chi connectivity index (χ2n) is 6.22. The highest BCUT2D eigenvalue weighted by Gasteiger charge is 2.07. The summed E-state index contributed by atoms with van der Waals surface area (Å²) in [7, 11) is 1.81. The van der Waals surface area contributed by atoms with Gasteiger partial charge < -0.3 is 15.6 Å². The Labute approximate surface area is 175 Å². The average Bonchev–Trinajstić information content (AvgIpc) is 3.26. The van der Waals surface area contributed by atoms with Gasteiger partial charge in [-0.1, -0.05) is 25.1 Å². The highest BCUT2D eigenvalue weighted by atomic mass is 127. The lowest BCUT2D eigenvalue weighted by atomic mass is 10.1. The van der Waals surface area contributed by atoms with Crippen molar-refractivity contribution in [2.75, 3.05) is 20.1 Å². The van der Waals surface area contributed by atoms with Gasteiger partial charge in [-0.25, -0.2) is 4.98 Å². The van der Waals surface area contributed by atoms with Crippen LogP contribution in [0.15, 0.2) is 46.8 Å². The van der Waals surface area contributed by atoms with Crippen LogP contribution in [0.2, 0.25) is 0 Å². The number of nitrogens with one attached hydrogen (secondary N) is 3. The number of halogens is 1. The van der Waals surface area contributed by atoms with E-state index in [0.717, 1.165) is 48.7 Å². The summed E-state index contributed by atoms with van der Waals surface area (Å²) in [5, 5.41) is 8.90. The van der Waals surface area contributed by atoms with E-state index < -0.39 is 0 Å². The van der Waals surface area contributed by atoms with Gasteiger partial charge in [-0.05, 0) is 35.9 Å². The summed E-state index contributed by atoms with van der Waals surface area (Å²) in [6.07, 6.45) is 1.93. The Kier molecular flexibility index (Phi) is 8.37. The number of nitrogens with zero attached hydrogens (tertiary/aromatic N) is 2. The molecule has 0 saturated carbocycles. The second kappa shape index (κ2) is 10.5. The summed E-state index contributed by atoms with van der Waals surface area (Å²) in [4.78, 5) is 13.7. The average molecular weight is 483 g/mol. The molecule has 2 heterocycles. The van der Waals surface area contributed by atoms with Gasteiger partial charge >= 0.3 is 0 Å². The van der Waals surface area contributed by atoms with Crippen molar-refractivity contribution in [2.24, 2.45) is 10.9 Å². The van der Waals surface area contributed by atoms with Crippen molar-refractivity contribution in [1.82, 2.24) is 20.6 Å². The molecule has 0 saturated heterocycles. The lowest BCUT2D eigenvalue weighted by Gasteiger charge is -2.15. The first-order valence-corrected chi connectivity index (χ1v) is 9.53. The third kappa shape index (κ3) is 5.98. The van der Waals surface area contributed by atoms with Crippen molar-refractivity contribution >= 4 is 52.3 Å². The first-order valence-electron chi connectivity index (χ1n) is 8.65. The predicted octanol–water partition coefficient (Wildman–Crippen LogP) is 3.83. The van der Waals surface area contributed by atoms with Gasteiger partial charge in [-0.2, -0.15) is 0 Å². The number of imidazole rings is 1. The third-order valence-corrected chi connectivity index (χ3v) is 4.96. The number of fused-ring (bicyclic) bond motifs is 1. The van der Waals surface area contributed by atoms with Crippen LogP contribution >= 0.6 is 35.3 Å². The fourth-order valence-electron chi connectivity index (χ4n) is 2.76. The zero-order chi connectivity index (χ0) is 17.5. The molecule has 140 valence electrons. The number of benzene rings is 1. The van der Waals surface area contributed by atoms with E-state index in [9.17, 15) is 0 Å². The van der Waals surface area contributed by atoms with Crippen LogP contribution in [0.1, 0.15) is 17.6 Å². The number of H-pyrrole nitrogens is 1. The minimum absolute atomic E-state index is 0. The molecular weight excluding hydrogens is 457 g/mol. The minimum atomic E-state index is 0. The zero-order valence-corrected chi connectivity index (χ0v) is 18.3. The smallest absolute Gasteiger partial charge is 0.190 e. The molecule has 0 amide bonds. The van der Waals surface area contributed by atoms with Gasteiger partial charge in [0.1, 0.15) is 5.82 Å². The van der Waals surface area contributed by atoms with Crippen LogP contribution in [-0.4, -0.2) is 36.1 Å². The molecule has 5 nitrogen and oxygen atoms in total. The van der Waals surface area contributed by atoms with E-state index in [1.54, 1.807) is 7.05 Å². The first kappa shape index (κ1) is 20.7. The van der Waals surface area contributed by atoms with Crippen molar-refractivity contribution in [3.8, 4) is 0 Å². The molecule has 0 spiro atoms. The number of hydrogen-bond acceptors (Lipinski definition) is 3. The van der Waals surface area contributed by atoms with Crippen molar-refractivity contribution in [2.45, 2.75) is 19.8 Å². The monoisotopic (exact) mass is 483 g/mol. The van der Waals surface area contributed by atoms with E-state index in [-0.39, 0.29) is 24.0 Å². The van der Waals surface area contributed by atoms with Crippen LogP contribution < -0.4 is 10.6 Å². The van der Waals surface area contributed by atoms with Crippen LogP contribution in [0, 0.1) is 5.92 Å². The fourth-order valence-corrected chi connectivity index (χ4v) is 3.63. The molecule has 1 unspecified atom stereocenters. The quantitative estimate of drug-likeness (QED) is 0.272. The lowest BCUT2D eigenvalue weighted by Crippen LogP contribution is -2.40. The molecule has 3 rings (SSSR count). The lowest BCUT2D eigenvalue weighted by molar-refractivity contribution is 0.562. The Balaban J connectivity index is 0.00000243. The molecule has 0 fully saturated rings. The molecule has 0 bridgehead atoms. The SMILES string of the molecule is CN=C(NCCc1nc2ccccc2[nH]1)NCC(C)Cc1cccs1.I. The minimum Gasteiger partial charge on any atom is -0.356 e. The van der Waals surface area contributed by atoms with E-state index in [1.165, 1.54) is 4.88 Å². The summed E-state index contributed by atoms with van der Waals surface area (Å²) < 4.78 is 0. The van der Waals surface area contributed by atoms with Crippen molar-refractivity contribution < 1.29 is 0 Å². The topological polar surface area (TPSA) is 65.1 Å². The molecule has 2 aromatic heterocycles. The number of aromatic nitrogens is 2. The molecule has 1 aromatic carbocycles. The maximum absolute atomic E-state index is 4.60. The van der Waals surface area contributed by atoms with Crippen LogP contribution in [0.3, 0.4) is 0 Å². The Hall–Kier alpha value is -1.61. The van der Waals surface area contributed by atoms with E-state index in [0.29, 0.717) is 5.92 Å². The van der Waals surface area contributed by atoms with Gasteiger partial charge in [0.05, 0.1) is 11.0 Å². The van der Waals surface area contributed by atoms with Gasteiger partial charge in [0, 0.05) is 31.4 Å². The van der Waals surface area contributed by atoms with Crippen molar-refractivity contribution in [3.63, 3.8) is 0 Å². The number of guanidine groups is 1. The highest BCUT2D eigenvalue weighted by molar-refractivity contribution is 14.0. The Morgan fingerprint density at radius 3 is 2.81 bits per heavy atom. The summed E-state index contributed by atoms with van der Waals surface area (Å²) >= 11 is 1.82. The summed E-state index contributed by atoms with van der Waals surface area (Å²) in [6.45, 7) is 3.95. The summed E-state index contributed by atoms with van der Waals surface area (Å²) in [5.41, 5.74) is 2.10. The highest BCUT2D eigenvalue weighted by Crippen LogP contribution is 2.13. The molecule has 1 atom stereocenters. The summed E-state index contributed by atoms with van der Waals surface area (Å²) in [5.74, 6) is 2.40. The van der Waals surface area contributed by atoms with Crippen LogP contribution in [0.25, 0.3) is 11.0 Å². The molecule has 7 heteroatoms. The van der Waals surface area contributed by atoms with Gasteiger partial charge in [0.15, 0.2) is 5.96 Å². The molecule has 0 aliphatic rings. The number of para-hydroxylation sites is 2. The third-order valence-electron chi connectivity index (χ3n) is 4.06. The van der Waals surface area contributed by atoms with Gasteiger partial charge in [-0.3, -0.25) is 4.99 Å². The standard InChI is InChI=1S/C19H25N5S.HI/c1-14(12-15-6-5-11-25-15)13-22-19(20-2)21-10-9-18-23-16-7-3-4-8-17(16)24-18;/h3-8,11,14H,9-10,12-13H2,1-2H3,(H,23,24)(H2,20,21,22);1H. The van der Waals surface area contributed by atoms with Gasteiger partial charge in [0.25, 0.3) is 0 Å². The molecule has 0 aliphatic carbocycles. The van der Waals surface area contributed by atoms with E-state index >= 15 is 0 Å². The van der Waals surface area contributed by atoms with Crippen molar-refractivity contribution in [3.05, 3.63) is 52.5 Å². The number of hydrogen-bond donors (Lipinski definition) is 3. The molecule has 3 aromatic rings. The van der Waals surface area contributed by atoms with E-state index in [1.807, 2.05) is 29.5 Å². The van der Waals surface area contributed by atoms with Gasteiger partial charge in [0.2, 0.25) is 0 Å². The molecule has 3 N–H and O–H groups in total. The second-order valence-corrected chi connectivity index (χ2v) is 7.25. The van der Waals surface area contributed by atoms with Gasteiger partial charge in [-0.15, -0.1) is 35.3 Å². The number of thiophene rings is 1. The predicted molar refractivity (Wildman–Crippen MR) is 122 cm³/mol. The molecule has 26 heavy (non-hydrogen) atoms. The van der Waals surface area contributed by atoms with Crippen molar-refractivity contribution in [1.29, 1.82) is 0 Å². The maximum atomic E-state index is 4.60. The Morgan fingerprint density at radius 1 is 1.23 bits per heavy atom.